The fourth-order valence-electron chi connectivity index (χ4n) is 3.07. The predicted molar refractivity (Wildman–Crippen MR) is 95.8 cm³/mol. The van der Waals surface area contributed by atoms with Gasteiger partial charge in [0.25, 0.3) is 0 Å². The summed E-state index contributed by atoms with van der Waals surface area (Å²) >= 11 is 0. The van der Waals surface area contributed by atoms with E-state index in [0.717, 1.165) is 23.5 Å². The number of urea groups is 1. The zero-order valence-electron chi connectivity index (χ0n) is 14.0. The van der Waals surface area contributed by atoms with Crippen LogP contribution in [0, 0.1) is 0 Å². The Kier molecular flexibility index (Phi) is 3.93. The van der Waals surface area contributed by atoms with E-state index in [0.29, 0.717) is 6.54 Å². The molecule has 1 N–H and O–H groups in total. The molecular weight excluding hydrogens is 314 g/mol. The van der Waals surface area contributed by atoms with Gasteiger partial charge < -0.3 is 5.32 Å². The van der Waals surface area contributed by atoms with Crippen LogP contribution in [-0.2, 0) is 6.42 Å². The van der Waals surface area contributed by atoms with Crippen LogP contribution in [0.5, 0.6) is 0 Å². The topological polar surface area (TPSA) is 63.1 Å². The number of fused-ring (bicyclic) bond motifs is 1. The molecule has 3 aromatic rings. The fraction of sp³-hybridized carbons (Fsp3) is 0.211. The lowest BCUT2D eigenvalue weighted by Gasteiger charge is -2.20. The summed E-state index contributed by atoms with van der Waals surface area (Å²) in [6, 6.07) is 17.5. The maximum atomic E-state index is 12.6. The Labute approximate surface area is 146 Å². The van der Waals surface area contributed by atoms with Crippen molar-refractivity contribution in [3.63, 3.8) is 0 Å². The maximum Gasteiger partial charge on any atom is 0.322 e. The van der Waals surface area contributed by atoms with Gasteiger partial charge in [0.05, 0.1) is 17.9 Å². The average Bonchev–Trinajstić information content (AvgIpc) is 3.30. The van der Waals surface area contributed by atoms with Gasteiger partial charge in [0, 0.05) is 12.2 Å². The van der Waals surface area contributed by atoms with E-state index < -0.39 is 0 Å². The van der Waals surface area contributed by atoms with Gasteiger partial charge in [-0.25, -0.2) is 9.48 Å². The predicted octanol–water partition coefficient (Wildman–Crippen LogP) is 3.10. The molecule has 0 spiro atoms. The van der Waals surface area contributed by atoms with E-state index in [4.69, 9.17) is 0 Å². The highest BCUT2D eigenvalue weighted by Gasteiger charge is 2.25. The van der Waals surface area contributed by atoms with Crippen molar-refractivity contribution in [2.24, 2.45) is 0 Å². The van der Waals surface area contributed by atoms with Crippen molar-refractivity contribution >= 4 is 11.7 Å². The molecule has 0 saturated heterocycles. The van der Waals surface area contributed by atoms with Crippen molar-refractivity contribution in [1.82, 2.24) is 20.3 Å². The number of para-hydroxylation sites is 2. The number of benzene rings is 2. The molecule has 1 atom stereocenters. The van der Waals surface area contributed by atoms with Gasteiger partial charge in [0.2, 0.25) is 0 Å². The highest BCUT2D eigenvalue weighted by molar-refractivity contribution is 5.94. The van der Waals surface area contributed by atoms with Gasteiger partial charge in [-0.3, -0.25) is 4.90 Å². The third-order valence-corrected chi connectivity index (χ3v) is 4.45. The van der Waals surface area contributed by atoms with E-state index in [9.17, 15) is 4.79 Å². The molecule has 1 aliphatic rings. The number of carbonyl (C=O) groups is 1. The standard InChI is InChI=1S/C19H19N5O/c1-14(17-13-24(22-21-17)16-8-3-2-4-9-16)20-19(25)23-12-11-15-7-5-6-10-18(15)23/h2-10,13-14H,11-12H2,1H3,(H,20,25). The lowest BCUT2D eigenvalue weighted by molar-refractivity contribution is 0.243. The van der Waals surface area contributed by atoms with E-state index in [1.54, 1.807) is 9.58 Å². The van der Waals surface area contributed by atoms with Crippen molar-refractivity contribution in [3.05, 3.63) is 72.1 Å². The van der Waals surface area contributed by atoms with Gasteiger partial charge >= 0.3 is 6.03 Å². The normalized spacial score (nSPS) is 14.2. The molecule has 0 fully saturated rings. The molecule has 1 unspecified atom stereocenters. The first-order valence-corrected chi connectivity index (χ1v) is 8.36. The molecule has 0 radical (unpaired) electrons. The van der Waals surface area contributed by atoms with Gasteiger partial charge in [-0.2, -0.15) is 0 Å². The molecule has 0 aliphatic carbocycles. The molecule has 2 heterocycles. The van der Waals surface area contributed by atoms with Crippen LogP contribution in [0.1, 0.15) is 24.2 Å². The molecule has 0 saturated carbocycles. The van der Waals surface area contributed by atoms with Gasteiger partial charge in [-0.15, -0.1) is 5.10 Å². The molecule has 126 valence electrons. The van der Waals surface area contributed by atoms with E-state index in [2.05, 4.69) is 21.7 Å². The zero-order chi connectivity index (χ0) is 17.2. The molecule has 2 aromatic carbocycles. The number of aromatic nitrogens is 3. The number of nitrogens with zero attached hydrogens (tertiary/aromatic N) is 4. The Bertz CT molecular complexity index is 890. The van der Waals surface area contributed by atoms with Crippen molar-refractivity contribution in [2.45, 2.75) is 19.4 Å². The van der Waals surface area contributed by atoms with Crippen molar-refractivity contribution in [3.8, 4) is 5.69 Å². The minimum absolute atomic E-state index is 0.105. The van der Waals surface area contributed by atoms with Gasteiger partial charge in [-0.05, 0) is 37.1 Å². The summed E-state index contributed by atoms with van der Waals surface area (Å²) in [6.07, 6.45) is 2.74. The zero-order valence-corrected chi connectivity index (χ0v) is 14.0. The summed E-state index contributed by atoms with van der Waals surface area (Å²) in [4.78, 5) is 14.4. The minimum atomic E-state index is -0.224. The van der Waals surface area contributed by atoms with Crippen LogP contribution in [0.3, 0.4) is 0 Å². The minimum Gasteiger partial charge on any atom is -0.329 e. The van der Waals surface area contributed by atoms with E-state index in [1.807, 2.05) is 61.7 Å². The first-order chi connectivity index (χ1) is 12.2. The molecular formula is C19H19N5O. The molecule has 1 aromatic heterocycles. The number of hydrogen-bond acceptors (Lipinski definition) is 3. The van der Waals surface area contributed by atoms with Crippen molar-refractivity contribution < 1.29 is 4.79 Å². The first-order valence-electron chi connectivity index (χ1n) is 8.36. The number of rotatable bonds is 3. The van der Waals surface area contributed by atoms with Crippen molar-refractivity contribution in [1.29, 1.82) is 0 Å². The summed E-state index contributed by atoms with van der Waals surface area (Å²) in [5, 5.41) is 11.4. The van der Waals surface area contributed by atoms with Gasteiger partial charge in [-0.1, -0.05) is 41.6 Å². The lowest BCUT2D eigenvalue weighted by atomic mass is 10.2. The summed E-state index contributed by atoms with van der Waals surface area (Å²) < 4.78 is 1.71. The smallest absolute Gasteiger partial charge is 0.322 e. The van der Waals surface area contributed by atoms with Crippen LogP contribution in [0.2, 0.25) is 0 Å². The average molecular weight is 333 g/mol. The molecule has 1 aliphatic heterocycles. The molecule has 4 rings (SSSR count). The number of amides is 2. The van der Waals surface area contributed by atoms with E-state index in [1.165, 1.54) is 5.56 Å². The first kappa shape index (κ1) is 15.4. The molecule has 0 bridgehead atoms. The molecule has 6 nitrogen and oxygen atoms in total. The van der Waals surface area contributed by atoms with E-state index in [-0.39, 0.29) is 12.1 Å². The second kappa shape index (κ2) is 6.39. The molecule has 2 amide bonds. The fourth-order valence-corrected chi connectivity index (χ4v) is 3.07. The third-order valence-electron chi connectivity index (χ3n) is 4.45. The number of anilines is 1. The lowest BCUT2D eigenvalue weighted by Crippen LogP contribution is -2.40. The summed E-state index contributed by atoms with van der Waals surface area (Å²) in [5.41, 5.74) is 3.86. The highest BCUT2D eigenvalue weighted by Crippen LogP contribution is 2.27. The molecule has 25 heavy (non-hydrogen) atoms. The van der Waals surface area contributed by atoms with Crippen LogP contribution in [0.4, 0.5) is 10.5 Å². The van der Waals surface area contributed by atoms with Gasteiger partial charge in [0.15, 0.2) is 0 Å². The number of hydrogen-bond donors (Lipinski definition) is 1. The van der Waals surface area contributed by atoms with Gasteiger partial charge in [0.1, 0.15) is 5.69 Å². The Hall–Kier alpha value is -3.15. The van der Waals surface area contributed by atoms with Crippen LogP contribution >= 0.6 is 0 Å². The largest absolute Gasteiger partial charge is 0.329 e. The van der Waals surface area contributed by atoms with Crippen LogP contribution < -0.4 is 10.2 Å². The quantitative estimate of drug-likeness (QED) is 0.801. The van der Waals surface area contributed by atoms with Crippen LogP contribution in [-0.4, -0.2) is 27.6 Å². The summed E-state index contributed by atoms with van der Waals surface area (Å²) in [7, 11) is 0. The Morgan fingerprint density at radius 2 is 1.88 bits per heavy atom. The maximum absolute atomic E-state index is 12.6. The summed E-state index contributed by atoms with van der Waals surface area (Å²) in [5.74, 6) is 0. The Morgan fingerprint density at radius 1 is 1.12 bits per heavy atom. The number of nitrogens with one attached hydrogen (secondary N) is 1. The van der Waals surface area contributed by atoms with E-state index >= 15 is 0 Å². The second-order valence-electron chi connectivity index (χ2n) is 6.13. The van der Waals surface area contributed by atoms with Crippen molar-refractivity contribution in [2.75, 3.05) is 11.4 Å². The van der Waals surface area contributed by atoms with Crippen LogP contribution in [0.15, 0.2) is 60.8 Å². The number of carbonyl (C=O) groups excluding carboxylic acids is 1. The monoisotopic (exact) mass is 333 g/mol. The second-order valence-corrected chi connectivity index (χ2v) is 6.13. The molecule has 6 heteroatoms. The Balaban J connectivity index is 1.47. The van der Waals surface area contributed by atoms with Crippen LogP contribution in [0.25, 0.3) is 5.69 Å². The Morgan fingerprint density at radius 3 is 2.72 bits per heavy atom. The third kappa shape index (κ3) is 2.98. The SMILES string of the molecule is CC(NC(=O)N1CCc2ccccc21)c1cn(-c2ccccc2)nn1. The highest BCUT2D eigenvalue weighted by atomic mass is 16.2. The summed E-state index contributed by atoms with van der Waals surface area (Å²) in [6.45, 7) is 2.62.